The van der Waals surface area contributed by atoms with E-state index in [1.807, 2.05) is 6.20 Å². The fourth-order valence-corrected chi connectivity index (χ4v) is 2.76. The zero-order valence-electron chi connectivity index (χ0n) is 13.9. The van der Waals surface area contributed by atoms with Crippen molar-refractivity contribution in [1.29, 1.82) is 0 Å². The van der Waals surface area contributed by atoms with Crippen LogP contribution in [0.15, 0.2) is 36.7 Å². The molecule has 0 bridgehead atoms. The highest BCUT2D eigenvalue weighted by Gasteiger charge is 2.04. The Morgan fingerprint density at radius 3 is 2.14 bits per heavy atom. The molecule has 0 aromatic rings. The maximum absolute atomic E-state index is 3.82. The van der Waals surface area contributed by atoms with E-state index in [0.29, 0.717) is 0 Å². The van der Waals surface area contributed by atoms with E-state index in [-0.39, 0.29) is 17.0 Å². The summed E-state index contributed by atoms with van der Waals surface area (Å²) in [5, 5.41) is 0. The van der Waals surface area contributed by atoms with Gasteiger partial charge in [-0.15, -0.1) is 17.0 Å². The fourth-order valence-electron chi connectivity index (χ4n) is 2.76. The second-order valence-corrected chi connectivity index (χ2v) is 5.95. The van der Waals surface area contributed by atoms with Gasteiger partial charge in [-0.25, -0.2) is 0 Å². The largest absolute Gasteiger partial charge is 0.351 e. The van der Waals surface area contributed by atoms with Gasteiger partial charge in [0.2, 0.25) is 0 Å². The lowest BCUT2D eigenvalue weighted by atomic mass is 10.0. The SMILES string of the molecule is Br.C=CN1C=CC=C(CCCCCCCCCCCC)C1. The third-order valence-corrected chi connectivity index (χ3v) is 4.08. The van der Waals surface area contributed by atoms with Crippen LogP contribution in [0.3, 0.4) is 0 Å². The van der Waals surface area contributed by atoms with Crippen molar-refractivity contribution in [2.24, 2.45) is 0 Å². The Morgan fingerprint density at radius 2 is 1.57 bits per heavy atom. The number of unbranched alkanes of at least 4 members (excludes halogenated alkanes) is 9. The van der Waals surface area contributed by atoms with E-state index in [4.69, 9.17) is 0 Å². The summed E-state index contributed by atoms with van der Waals surface area (Å²) in [5.41, 5.74) is 1.55. The fraction of sp³-hybridized carbons (Fsp3) is 0.684. The molecule has 1 nitrogen and oxygen atoms in total. The van der Waals surface area contributed by atoms with E-state index < -0.39 is 0 Å². The first kappa shape index (κ1) is 20.5. The molecule has 0 aromatic carbocycles. The first-order valence-corrected chi connectivity index (χ1v) is 8.61. The summed E-state index contributed by atoms with van der Waals surface area (Å²) in [6, 6.07) is 0. The number of nitrogens with zero attached hydrogens (tertiary/aromatic N) is 1. The van der Waals surface area contributed by atoms with Gasteiger partial charge in [-0.1, -0.05) is 82.9 Å². The second-order valence-electron chi connectivity index (χ2n) is 5.95. The van der Waals surface area contributed by atoms with Gasteiger partial charge in [0.25, 0.3) is 0 Å². The highest BCUT2D eigenvalue weighted by Crippen LogP contribution is 2.16. The lowest BCUT2D eigenvalue weighted by Crippen LogP contribution is -2.15. The van der Waals surface area contributed by atoms with Crippen molar-refractivity contribution in [3.8, 4) is 0 Å². The van der Waals surface area contributed by atoms with Crippen LogP contribution in [0.4, 0.5) is 0 Å². The van der Waals surface area contributed by atoms with E-state index in [1.54, 1.807) is 5.57 Å². The average Bonchev–Trinajstić information content (AvgIpc) is 2.49. The Bertz CT molecular complexity index is 307. The summed E-state index contributed by atoms with van der Waals surface area (Å²) < 4.78 is 0. The minimum absolute atomic E-state index is 0. The van der Waals surface area contributed by atoms with E-state index in [0.717, 1.165) is 6.54 Å². The Morgan fingerprint density at radius 1 is 1.00 bits per heavy atom. The van der Waals surface area contributed by atoms with Crippen LogP contribution in [0, 0.1) is 0 Å². The molecule has 0 atom stereocenters. The summed E-state index contributed by atoms with van der Waals surface area (Å²) in [6.45, 7) is 7.15. The van der Waals surface area contributed by atoms with Gasteiger partial charge in [0.05, 0.1) is 0 Å². The van der Waals surface area contributed by atoms with Gasteiger partial charge in [-0.2, -0.15) is 0 Å². The second kappa shape index (κ2) is 14.4. The van der Waals surface area contributed by atoms with Gasteiger partial charge < -0.3 is 4.90 Å². The van der Waals surface area contributed by atoms with E-state index in [9.17, 15) is 0 Å². The van der Waals surface area contributed by atoms with Crippen LogP contribution in [0.1, 0.15) is 77.6 Å². The smallest absolute Gasteiger partial charge is 0.0432 e. The minimum Gasteiger partial charge on any atom is -0.351 e. The molecule has 0 radical (unpaired) electrons. The van der Waals surface area contributed by atoms with Gasteiger partial charge in [-0.05, 0) is 25.1 Å². The molecule has 0 spiro atoms. The van der Waals surface area contributed by atoms with Gasteiger partial charge in [0.15, 0.2) is 0 Å². The summed E-state index contributed by atoms with van der Waals surface area (Å²) in [6.07, 6.45) is 23.8. The molecule has 2 heteroatoms. The third-order valence-electron chi connectivity index (χ3n) is 4.08. The standard InChI is InChI=1S/C19H33N.BrH/c1-3-5-6-7-8-9-10-11-12-13-15-19-16-14-17-20(4-2)18-19;/h4,14,16-17H,2-3,5-13,15,18H2,1H3;1H. The highest BCUT2D eigenvalue weighted by molar-refractivity contribution is 8.93. The highest BCUT2D eigenvalue weighted by atomic mass is 79.9. The molecule has 0 aromatic heterocycles. The molecule has 1 rings (SSSR count). The first-order chi connectivity index (χ1) is 9.86. The van der Waals surface area contributed by atoms with Crippen LogP contribution in [0.25, 0.3) is 0 Å². The van der Waals surface area contributed by atoms with Crippen molar-refractivity contribution in [3.05, 3.63) is 36.7 Å². The summed E-state index contributed by atoms with van der Waals surface area (Å²) in [7, 11) is 0. The number of hydrogen-bond donors (Lipinski definition) is 0. The molecule has 0 saturated carbocycles. The number of halogens is 1. The van der Waals surface area contributed by atoms with Crippen LogP contribution >= 0.6 is 17.0 Å². The number of hydrogen-bond acceptors (Lipinski definition) is 1. The van der Waals surface area contributed by atoms with E-state index in [2.05, 4.69) is 36.8 Å². The van der Waals surface area contributed by atoms with Crippen LogP contribution in [-0.2, 0) is 0 Å². The summed E-state index contributed by atoms with van der Waals surface area (Å²) >= 11 is 0. The molecule has 0 N–H and O–H groups in total. The molecule has 0 fully saturated rings. The third kappa shape index (κ3) is 10.8. The normalized spacial score (nSPS) is 13.8. The molecule has 1 aliphatic heterocycles. The average molecular weight is 356 g/mol. The van der Waals surface area contributed by atoms with Crippen molar-refractivity contribution in [2.75, 3.05) is 6.54 Å². The minimum atomic E-state index is 0. The lowest BCUT2D eigenvalue weighted by molar-refractivity contribution is 0.520. The van der Waals surface area contributed by atoms with Crippen LogP contribution < -0.4 is 0 Å². The maximum atomic E-state index is 3.82. The van der Waals surface area contributed by atoms with Crippen LogP contribution in [-0.4, -0.2) is 11.4 Å². The van der Waals surface area contributed by atoms with Crippen molar-refractivity contribution < 1.29 is 0 Å². The quantitative estimate of drug-likeness (QED) is 0.349. The number of allylic oxidation sites excluding steroid dienone is 2. The molecule has 0 unspecified atom stereocenters. The molecule has 122 valence electrons. The van der Waals surface area contributed by atoms with E-state index in [1.165, 1.54) is 70.6 Å². The molecule has 1 heterocycles. The summed E-state index contributed by atoms with van der Waals surface area (Å²) in [4.78, 5) is 2.16. The van der Waals surface area contributed by atoms with Gasteiger partial charge >= 0.3 is 0 Å². The Balaban J connectivity index is 0.00000400. The molecular weight excluding hydrogens is 322 g/mol. The van der Waals surface area contributed by atoms with Crippen molar-refractivity contribution >= 4 is 17.0 Å². The van der Waals surface area contributed by atoms with Crippen LogP contribution in [0.2, 0.25) is 0 Å². The monoisotopic (exact) mass is 355 g/mol. The lowest BCUT2D eigenvalue weighted by Gasteiger charge is -2.20. The van der Waals surface area contributed by atoms with Gasteiger partial charge in [0, 0.05) is 12.7 Å². The van der Waals surface area contributed by atoms with Gasteiger partial charge in [0.1, 0.15) is 0 Å². The Kier molecular flexibility index (Phi) is 14.1. The molecule has 0 saturated heterocycles. The molecule has 21 heavy (non-hydrogen) atoms. The predicted octanol–water partition coefficient (Wildman–Crippen LogP) is 6.77. The van der Waals surface area contributed by atoms with Crippen molar-refractivity contribution in [1.82, 2.24) is 4.90 Å². The van der Waals surface area contributed by atoms with Crippen molar-refractivity contribution in [2.45, 2.75) is 77.6 Å². The molecule has 0 amide bonds. The molecular formula is C19H34BrN. The van der Waals surface area contributed by atoms with Crippen LogP contribution in [0.5, 0.6) is 0 Å². The first-order valence-electron chi connectivity index (χ1n) is 8.61. The van der Waals surface area contributed by atoms with Gasteiger partial charge in [-0.3, -0.25) is 0 Å². The Hall–Kier alpha value is -0.500. The topological polar surface area (TPSA) is 3.24 Å². The summed E-state index contributed by atoms with van der Waals surface area (Å²) in [5.74, 6) is 0. The Labute approximate surface area is 143 Å². The zero-order chi connectivity index (χ0) is 14.5. The number of rotatable bonds is 12. The molecule has 1 aliphatic rings. The van der Waals surface area contributed by atoms with Crippen molar-refractivity contribution in [3.63, 3.8) is 0 Å². The van der Waals surface area contributed by atoms with E-state index >= 15 is 0 Å². The molecule has 0 aliphatic carbocycles. The predicted molar refractivity (Wildman–Crippen MR) is 101 cm³/mol. The maximum Gasteiger partial charge on any atom is 0.0432 e. The zero-order valence-corrected chi connectivity index (χ0v) is 15.6.